The standard InChI is InChI=1S/C17H22FN3O3/c1-12(22)20-8-9-21(15(11-20)17(24)19(2)3)16(23)10-13-4-6-14(18)7-5-13/h4-7,15H,8-11H2,1-3H3. The van der Waals surface area contributed by atoms with Gasteiger partial charge < -0.3 is 14.7 Å². The monoisotopic (exact) mass is 335 g/mol. The molecule has 0 spiro atoms. The van der Waals surface area contributed by atoms with Crippen LogP contribution in [0.5, 0.6) is 0 Å². The molecule has 1 saturated heterocycles. The molecule has 1 aromatic carbocycles. The van der Waals surface area contributed by atoms with Crippen LogP contribution in [-0.4, -0.2) is 72.2 Å². The Bertz CT molecular complexity index is 630. The van der Waals surface area contributed by atoms with E-state index in [-0.39, 0.29) is 36.5 Å². The number of hydrogen-bond acceptors (Lipinski definition) is 3. The summed E-state index contributed by atoms with van der Waals surface area (Å²) >= 11 is 0. The van der Waals surface area contributed by atoms with Gasteiger partial charge in [0.2, 0.25) is 17.7 Å². The van der Waals surface area contributed by atoms with Gasteiger partial charge in [0.25, 0.3) is 0 Å². The first-order valence-electron chi connectivity index (χ1n) is 7.80. The number of piperazine rings is 1. The van der Waals surface area contributed by atoms with E-state index in [1.807, 2.05) is 0 Å². The maximum absolute atomic E-state index is 13.0. The van der Waals surface area contributed by atoms with Gasteiger partial charge >= 0.3 is 0 Å². The summed E-state index contributed by atoms with van der Waals surface area (Å²) in [5.74, 6) is -0.891. The maximum atomic E-state index is 13.0. The van der Waals surface area contributed by atoms with Gasteiger partial charge in [0, 0.05) is 34.1 Å². The summed E-state index contributed by atoms with van der Waals surface area (Å²) in [5.41, 5.74) is 0.687. The quantitative estimate of drug-likeness (QED) is 0.809. The molecule has 0 aromatic heterocycles. The highest BCUT2D eigenvalue weighted by atomic mass is 19.1. The lowest BCUT2D eigenvalue weighted by Gasteiger charge is -2.41. The second-order valence-corrected chi connectivity index (χ2v) is 6.10. The molecule has 1 atom stereocenters. The molecule has 1 heterocycles. The number of hydrogen-bond donors (Lipinski definition) is 0. The van der Waals surface area contributed by atoms with E-state index in [0.29, 0.717) is 18.7 Å². The van der Waals surface area contributed by atoms with Gasteiger partial charge in [0.1, 0.15) is 11.9 Å². The van der Waals surface area contributed by atoms with Crippen molar-refractivity contribution in [3.8, 4) is 0 Å². The molecular weight excluding hydrogens is 313 g/mol. The average Bonchev–Trinajstić information content (AvgIpc) is 2.55. The molecule has 0 N–H and O–H groups in total. The molecule has 24 heavy (non-hydrogen) atoms. The van der Waals surface area contributed by atoms with Crippen molar-refractivity contribution < 1.29 is 18.8 Å². The van der Waals surface area contributed by atoms with Crippen molar-refractivity contribution in [1.82, 2.24) is 14.7 Å². The molecule has 0 aliphatic carbocycles. The minimum absolute atomic E-state index is 0.0948. The number of benzene rings is 1. The predicted octanol–water partition coefficient (Wildman–Crippen LogP) is 0.516. The summed E-state index contributed by atoms with van der Waals surface area (Å²) in [6, 6.07) is 5.03. The summed E-state index contributed by atoms with van der Waals surface area (Å²) in [5, 5.41) is 0. The van der Waals surface area contributed by atoms with Crippen LogP contribution in [0.4, 0.5) is 4.39 Å². The second kappa shape index (κ2) is 7.42. The SMILES string of the molecule is CC(=O)N1CCN(C(=O)Cc2ccc(F)cc2)C(C(=O)N(C)C)C1. The number of carbonyl (C=O) groups is 3. The van der Waals surface area contributed by atoms with Crippen molar-refractivity contribution in [3.05, 3.63) is 35.6 Å². The van der Waals surface area contributed by atoms with E-state index < -0.39 is 6.04 Å². The summed E-state index contributed by atoms with van der Waals surface area (Å²) < 4.78 is 13.0. The van der Waals surface area contributed by atoms with Crippen molar-refractivity contribution in [2.75, 3.05) is 33.7 Å². The molecule has 7 heteroatoms. The smallest absolute Gasteiger partial charge is 0.246 e. The fraction of sp³-hybridized carbons (Fsp3) is 0.471. The third-order valence-electron chi connectivity index (χ3n) is 4.14. The minimum Gasteiger partial charge on any atom is -0.347 e. The number of likely N-dealkylation sites (N-methyl/N-ethyl adjacent to an activating group) is 1. The van der Waals surface area contributed by atoms with Gasteiger partial charge in [-0.2, -0.15) is 0 Å². The van der Waals surface area contributed by atoms with E-state index in [2.05, 4.69) is 0 Å². The lowest BCUT2D eigenvalue weighted by molar-refractivity contribution is -0.150. The largest absolute Gasteiger partial charge is 0.347 e. The van der Waals surface area contributed by atoms with E-state index in [1.54, 1.807) is 31.1 Å². The van der Waals surface area contributed by atoms with Crippen LogP contribution in [0.3, 0.4) is 0 Å². The number of rotatable bonds is 3. The van der Waals surface area contributed by atoms with Crippen LogP contribution in [0.15, 0.2) is 24.3 Å². The first-order chi connectivity index (χ1) is 11.3. The van der Waals surface area contributed by atoms with Gasteiger partial charge in [-0.15, -0.1) is 0 Å². The first kappa shape index (κ1) is 17.9. The van der Waals surface area contributed by atoms with E-state index in [1.165, 1.54) is 28.9 Å². The van der Waals surface area contributed by atoms with Gasteiger partial charge in [-0.05, 0) is 17.7 Å². The zero-order valence-corrected chi connectivity index (χ0v) is 14.2. The summed E-state index contributed by atoms with van der Waals surface area (Å²) in [4.78, 5) is 41.2. The van der Waals surface area contributed by atoms with Gasteiger partial charge in [0.15, 0.2) is 0 Å². The van der Waals surface area contributed by atoms with E-state index in [9.17, 15) is 18.8 Å². The number of nitrogens with zero attached hydrogens (tertiary/aromatic N) is 3. The molecule has 1 fully saturated rings. The van der Waals surface area contributed by atoms with Crippen LogP contribution in [0.2, 0.25) is 0 Å². The third-order valence-corrected chi connectivity index (χ3v) is 4.14. The molecule has 3 amide bonds. The molecule has 0 bridgehead atoms. The van der Waals surface area contributed by atoms with Gasteiger partial charge in [0.05, 0.1) is 13.0 Å². The Kier molecular flexibility index (Phi) is 5.54. The van der Waals surface area contributed by atoms with Crippen molar-refractivity contribution >= 4 is 17.7 Å². The zero-order chi connectivity index (χ0) is 17.9. The van der Waals surface area contributed by atoms with Crippen LogP contribution >= 0.6 is 0 Å². The molecule has 1 aliphatic rings. The Hall–Kier alpha value is -2.44. The van der Waals surface area contributed by atoms with E-state index in [0.717, 1.165) is 0 Å². The fourth-order valence-corrected chi connectivity index (χ4v) is 2.76. The van der Waals surface area contributed by atoms with Crippen LogP contribution in [0.1, 0.15) is 12.5 Å². The molecule has 0 saturated carbocycles. The minimum atomic E-state index is -0.689. The van der Waals surface area contributed by atoms with Crippen molar-refractivity contribution in [2.24, 2.45) is 0 Å². The molecule has 6 nitrogen and oxygen atoms in total. The lowest BCUT2D eigenvalue weighted by atomic mass is 10.1. The topological polar surface area (TPSA) is 60.9 Å². The summed E-state index contributed by atoms with van der Waals surface area (Å²) in [7, 11) is 3.25. The van der Waals surface area contributed by atoms with Gasteiger partial charge in [-0.25, -0.2) is 4.39 Å². The molecule has 1 aromatic rings. The molecule has 1 unspecified atom stereocenters. The first-order valence-corrected chi connectivity index (χ1v) is 7.80. The Morgan fingerprint density at radius 1 is 1.17 bits per heavy atom. The molecule has 0 radical (unpaired) electrons. The molecule has 130 valence electrons. The Labute approximate surface area is 140 Å². The third kappa shape index (κ3) is 4.10. The highest BCUT2D eigenvalue weighted by Gasteiger charge is 2.36. The van der Waals surface area contributed by atoms with Crippen LogP contribution in [0.25, 0.3) is 0 Å². The average molecular weight is 335 g/mol. The number of amides is 3. The summed E-state index contributed by atoms with van der Waals surface area (Å²) in [6.45, 7) is 2.36. The highest BCUT2D eigenvalue weighted by molar-refractivity contribution is 5.89. The highest BCUT2D eigenvalue weighted by Crippen LogP contribution is 2.15. The lowest BCUT2D eigenvalue weighted by Crippen LogP contribution is -2.61. The molecular formula is C17H22FN3O3. The molecule has 2 rings (SSSR count). The molecule has 1 aliphatic heterocycles. The van der Waals surface area contributed by atoms with Gasteiger partial charge in [-0.1, -0.05) is 12.1 Å². The van der Waals surface area contributed by atoms with E-state index >= 15 is 0 Å². The Morgan fingerprint density at radius 3 is 2.33 bits per heavy atom. The van der Waals surface area contributed by atoms with Crippen molar-refractivity contribution in [2.45, 2.75) is 19.4 Å². The van der Waals surface area contributed by atoms with Crippen LogP contribution in [-0.2, 0) is 20.8 Å². The predicted molar refractivity (Wildman–Crippen MR) is 86.6 cm³/mol. The van der Waals surface area contributed by atoms with E-state index in [4.69, 9.17) is 0 Å². The van der Waals surface area contributed by atoms with Crippen LogP contribution < -0.4 is 0 Å². The number of halogens is 1. The zero-order valence-electron chi connectivity index (χ0n) is 14.2. The van der Waals surface area contributed by atoms with Gasteiger partial charge in [-0.3, -0.25) is 14.4 Å². The van der Waals surface area contributed by atoms with Crippen molar-refractivity contribution in [3.63, 3.8) is 0 Å². The Balaban J connectivity index is 2.15. The fourth-order valence-electron chi connectivity index (χ4n) is 2.76. The number of carbonyl (C=O) groups excluding carboxylic acids is 3. The van der Waals surface area contributed by atoms with Crippen LogP contribution in [0, 0.1) is 5.82 Å². The normalized spacial score (nSPS) is 17.6. The van der Waals surface area contributed by atoms with Crippen molar-refractivity contribution in [1.29, 1.82) is 0 Å². The Morgan fingerprint density at radius 2 is 1.79 bits per heavy atom. The maximum Gasteiger partial charge on any atom is 0.246 e. The second-order valence-electron chi connectivity index (χ2n) is 6.10. The summed E-state index contributed by atoms with van der Waals surface area (Å²) in [6.07, 6.45) is 0.0948.